The molecule has 1 N–H and O–H groups in total. The molecule has 0 saturated carbocycles. The zero-order valence-corrected chi connectivity index (χ0v) is 27.6. The lowest BCUT2D eigenvalue weighted by Gasteiger charge is -2.34. The number of carbonyl (C=O) groups excluding carboxylic acids is 2. The molecule has 0 fully saturated rings. The molecule has 0 aliphatic carbocycles. The molecule has 0 saturated heterocycles. The van der Waals surface area contributed by atoms with Crippen molar-refractivity contribution in [1.29, 1.82) is 0 Å². The van der Waals surface area contributed by atoms with Crippen molar-refractivity contribution in [2.45, 2.75) is 51.1 Å². The van der Waals surface area contributed by atoms with Crippen LogP contribution in [0.3, 0.4) is 0 Å². The van der Waals surface area contributed by atoms with Crippen LogP contribution in [0.1, 0.15) is 35.6 Å². The van der Waals surface area contributed by atoms with Crippen LogP contribution >= 0.6 is 15.9 Å². The largest absolute Gasteiger partial charge is 0.354 e. The Hall–Kier alpha value is -3.95. The third-order valence-corrected chi connectivity index (χ3v) is 9.56. The minimum Gasteiger partial charge on any atom is -0.354 e. The second kappa shape index (κ2) is 15.2. The molecular formula is C35H38BrN3O4S. The molecule has 2 amide bonds. The van der Waals surface area contributed by atoms with Gasteiger partial charge >= 0.3 is 0 Å². The summed E-state index contributed by atoms with van der Waals surface area (Å²) in [6.07, 6.45) is 1.00. The highest BCUT2D eigenvalue weighted by atomic mass is 79.9. The first-order valence-corrected chi connectivity index (χ1v) is 16.8. The van der Waals surface area contributed by atoms with Gasteiger partial charge in [-0.05, 0) is 67.3 Å². The molecule has 0 bridgehead atoms. The summed E-state index contributed by atoms with van der Waals surface area (Å²) in [5.41, 5.74) is 3.79. The van der Waals surface area contributed by atoms with Crippen LogP contribution in [0.25, 0.3) is 0 Å². The van der Waals surface area contributed by atoms with E-state index in [1.54, 1.807) is 24.3 Å². The van der Waals surface area contributed by atoms with Gasteiger partial charge in [0.15, 0.2) is 0 Å². The first kappa shape index (κ1) is 33.0. The SMILES string of the molecule is CCCNC(=O)[C@@H](Cc1ccccc1)N(Cc1cccc(Br)c1)C(=O)CN(c1ccc(C)cc1C)S(=O)(=O)c1ccccc1. The Balaban J connectivity index is 1.81. The molecule has 4 rings (SSSR count). The minimum atomic E-state index is -4.14. The molecule has 9 heteroatoms. The van der Waals surface area contributed by atoms with Crippen LogP contribution in [-0.2, 0) is 32.6 Å². The van der Waals surface area contributed by atoms with Gasteiger partial charge in [-0.15, -0.1) is 0 Å². The van der Waals surface area contributed by atoms with E-state index < -0.39 is 28.5 Å². The highest BCUT2D eigenvalue weighted by molar-refractivity contribution is 9.10. The molecule has 4 aromatic rings. The zero-order valence-electron chi connectivity index (χ0n) is 25.2. The maximum absolute atomic E-state index is 14.5. The molecule has 1 atom stereocenters. The van der Waals surface area contributed by atoms with E-state index in [1.165, 1.54) is 17.0 Å². The number of nitrogens with one attached hydrogen (secondary N) is 1. The summed E-state index contributed by atoms with van der Waals surface area (Å²) in [4.78, 5) is 29.8. The third-order valence-electron chi connectivity index (χ3n) is 7.29. The topological polar surface area (TPSA) is 86.8 Å². The lowest BCUT2D eigenvalue weighted by Crippen LogP contribution is -2.53. The van der Waals surface area contributed by atoms with Gasteiger partial charge in [-0.1, -0.05) is 101 Å². The van der Waals surface area contributed by atoms with E-state index in [1.807, 2.05) is 87.5 Å². The van der Waals surface area contributed by atoms with Crippen molar-refractivity contribution in [3.63, 3.8) is 0 Å². The van der Waals surface area contributed by atoms with Crippen LogP contribution in [0.2, 0.25) is 0 Å². The molecule has 44 heavy (non-hydrogen) atoms. The molecule has 0 unspecified atom stereocenters. The Morgan fingerprint density at radius 3 is 2.14 bits per heavy atom. The second-order valence-corrected chi connectivity index (χ2v) is 13.5. The highest BCUT2D eigenvalue weighted by Gasteiger charge is 2.35. The molecule has 4 aromatic carbocycles. The van der Waals surface area contributed by atoms with E-state index in [-0.39, 0.29) is 23.8 Å². The molecule has 0 radical (unpaired) electrons. The quantitative estimate of drug-likeness (QED) is 0.177. The molecule has 0 aromatic heterocycles. The van der Waals surface area contributed by atoms with Gasteiger partial charge in [0.1, 0.15) is 12.6 Å². The second-order valence-electron chi connectivity index (χ2n) is 10.8. The average Bonchev–Trinajstić information content (AvgIpc) is 3.01. The fraction of sp³-hybridized carbons (Fsp3) is 0.257. The van der Waals surface area contributed by atoms with Crippen molar-refractivity contribution >= 4 is 43.5 Å². The smallest absolute Gasteiger partial charge is 0.264 e. The lowest BCUT2D eigenvalue weighted by atomic mass is 10.0. The predicted octanol–water partition coefficient (Wildman–Crippen LogP) is 6.43. The minimum absolute atomic E-state index is 0.0767. The Labute approximate surface area is 269 Å². The van der Waals surface area contributed by atoms with Gasteiger partial charge in [-0.3, -0.25) is 13.9 Å². The number of anilines is 1. The van der Waals surface area contributed by atoms with Crippen molar-refractivity contribution in [2.24, 2.45) is 0 Å². The number of nitrogens with zero attached hydrogens (tertiary/aromatic N) is 2. The maximum atomic E-state index is 14.5. The van der Waals surface area contributed by atoms with Gasteiger partial charge in [0.2, 0.25) is 11.8 Å². The third kappa shape index (κ3) is 8.36. The van der Waals surface area contributed by atoms with Crippen molar-refractivity contribution in [3.05, 3.63) is 130 Å². The van der Waals surface area contributed by atoms with E-state index in [0.29, 0.717) is 12.2 Å². The summed E-state index contributed by atoms with van der Waals surface area (Å²) < 4.78 is 30.3. The van der Waals surface area contributed by atoms with E-state index in [4.69, 9.17) is 0 Å². The molecule has 230 valence electrons. The van der Waals surface area contributed by atoms with Crippen LogP contribution < -0.4 is 9.62 Å². The van der Waals surface area contributed by atoms with Gasteiger partial charge in [-0.2, -0.15) is 0 Å². The summed E-state index contributed by atoms with van der Waals surface area (Å²) in [7, 11) is -4.14. The van der Waals surface area contributed by atoms with Crippen LogP contribution in [0.5, 0.6) is 0 Å². The van der Waals surface area contributed by atoms with Crippen LogP contribution in [-0.4, -0.2) is 44.3 Å². The number of hydrogen-bond acceptors (Lipinski definition) is 4. The fourth-order valence-electron chi connectivity index (χ4n) is 5.07. The monoisotopic (exact) mass is 675 g/mol. The molecular weight excluding hydrogens is 638 g/mol. The van der Waals surface area contributed by atoms with Gasteiger partial charge in [0, 0.05) is 24.0 Å². The van der Waals surface area contributed by atoms with E-state index in [2.05, 4.69) is 21.2 Å². The summed E-state index contributed by atoms with van der Waals surface area (Å²) in [6.45, 7) is 5.81. The fourth-order valence-corrected chi connectivity index (χ4v) is 7.02. The van der Waals surface area contributed by atoms with E-state index in [0.717, 1.165) is 37.5 Å². The summed E-state index contributed by atoms with van der Waals surface area (Å²) in [5, 5.41) is 2.97. The van der Waals surface area contributed by atoms with Crippen molar-refractivity contribution < 1.29 is 18.0 Å². The number of rotatable bonds is 13. The van der Waals surface area contributed by atoms with Gasteiger partial charge in [-0.25, -0.2) is 8.42 Å². The van der Waals surface area contributed by atoms with Crippen LogP contribution in [0, 0.1) is 13.8 Å². The van der Waals surface area contributed by atoms with Crippen LogP contribution in [0.4, 0.5) is 5.69 Å². The standard InChI is InChI=1S/C35H38BrN3O4S/c1-4-20-37-35(41)33(23-28-12-7-5-8-13-28)38(24-29-14-11-15-30(36)22-29)34(40)25-39(32-19-18-26(2)21-27(32)3)44(42,43)31-16-9-6-10-17-31/h5-19,21-22,33H,4,20,23-25H2,1-3H3,(H,37,41)/t33-/m1/s1. The molecule has 0 heterocycles. The normalized spacial score (nSPS) is 11.9. The van der Waals surface area contributed by atoms with Crippen molar-refractivity contribution in [1.82, 2.24) is 10.2 Å². The molecule has 0 aliphatic rings. The van der Waals surface area contributed by atoms with Crippen molar-refractivity contribution in [3.8, 4) is 0 Å². The Morgan fingerprint density at radius 1 is 0.841 bits per heavy atom. The van der Waals surface area contributed by atoms with E-state index >= 15 is 0 Å². The average molecular weight is 677 g/mol. The Kier molecular flexibility index (Phi) is 11.4. The van der Waals surface area contributed by atoms with Gasteiger partial charge in [0.25, 0.3) is 10.0 Å². The summed E-state index contributed by atoms with van der Waals surface area (Å²) in [6, 6.07) is 29.7. The van der Waals surface area contributed by atoms with Crippen LogP contribution in [0.15, 0.2) is 112 Å². The predicted molar refractivity (Wildman–Crippen MR) is 179 cm³/mol. The number of sulfonamides is 1. The van der Waals surface area contributed by atoms with Gasteiger partial charge in [0.05, 0.1) is 10.6 Å². The lowest BCUT2D eigenvalue weighted by molar-refractivity contribution is -0.140. The number of carbonyl (C=O) groups is 2. The van der Waals surface area contributed by atoms with E-state index in [9.17, 15) is 18.0 Å². The first-order chi connectivity index (χ1) is 21.1. The highest BCUT2D eigenvalue weighted by Crippen LogP contribution is 2.28. The number of benzene rings is 4. The van der Waals surface area contributed by atoms with Gasteiger partial charge < -0.3 is 10.2 Å². The Bertz CT molecular complexity index is 1680. The maximum Gasteiger partial charge on any atom is 0.264 e. The number of amides is 2. The van der Waals surface area contributed by atoms with Crippen molar-refractivity contribution in [2.75, 3.05) is 17.4 Å². The summed E-state index contributed by atoms with van der Waals surface area (Å²) >= 11 is 3.51. The molecule has 0 spiro atoms. The summed E-state index contributed by atoms with van der Waals surface area (Å²) in [5.74, 6) is -0.778. The first-order valence-electron chi connectivity index (χ1n) is 14.6. The zero-order chi connectivity index (χ0) is 31.7. The molecule has 0 aliphatic heterocycles. The number of halogens is 1. The number of hydrogen-bond donors (Lipinski definition) is 1. The number of aryl methyl sites for hydroxylation is 2. The molecule has 7 nitrogen and oxygen atoms in total. The Morgan fingerprint density at radius 2 is 1.50 bits per heavy atom.